The molecule has 0 saturated carbocycles. The third-order valence-corrected chi connectivity index (χ3v) is 3.75. The molecule has 1 fully saturated rings. The van der Waals surface area contributed by atoms with Gasteiger partial charge in [-0.3, -0.25) is 4.68 Å². The minimum atomic E-state index is -0.218. The minimum Gasteiger partial charge on any atom is -0.316 e. The van der Waals surface area contributed by atoms with Crippen molar-refractivity contribution >= 4 is 0 Å². The van der Waals surface area contributed by atoms with Crippen LogP contribution in [0.4, 0.5) is 4.39 Å². The Kier molecular flexibility index (Phi) is 3.34. The highest BCUT2D eigenvalue weighted by Crippen LogP contribution is 2.27. The lowest BCUT2D eigenvalue weighted by Crippen LogP contribution is -2.29. The van der Waals surface area contributed by atoms with E-state index in [0.717, 1.165) is 24.3 Å². The monoisotopic (exact) mass is 259 g/mol. The van der Waals surface area contributed by atoms with E-state index in [1.807, 2.05) is 17.8 Å². The van der Waals surface area contributed by atoms with E-state index >= 15 is 0 Å². The van der Waals surface area contributed by atoms with Gasteiger partial charge in [0.25, 0.3) is 0 Å². The van der Waals surface area contributed by atoms with Gasteiger partial charge in [0, 0.05) is 30.8 Å². The summed E-state index contributed by atoms with van der Waals surface area (Å²) < 4.78 is 15.2. The van der Waals surface area contributed by atoms with Crippen LogP contribution in [-0.4, -0.2) is 22.9 Å². The molecule has 100 valence electrons. The van der Waals surface area contributed by atoms with Crippen LogP contribution in [0, 0.1) is 5.82 Å². The van der Waals surface area contributed by atoms with Crippen LogP contribution in [0.3, 0.4) is 0 Å². The van der Waals surface area contributed by atoms with E-state index < -0.39 is 0 Å². The van der Waals surface area contributed by atoms with Crippen molar-refractivity contribution in [1.82, 2.24) is 15.1 Å². The summed E-state index contributed by atoms with van der Waals surface area (Å²) in [5.74, 6) is 0.289. The molecule has 0 spiro atoms. The van der Waals surface area contributed by atoms with Gasteiger partial charge in [0.1, 0.15) is 5.82 Å². The molecule has 1 aliphatic heterocycles. The van der Waals surface area contributed by atoms with Gasteiger partial charge in [0.15, 0.2) is 0 Å². The Balaban J connectivity index is 1.92. The molecule has 0 aliphatic carbocycles. The fourth-order valence-corrected chi connectivity index (χ4v) is 2.76. The molecule has 1 unspecified atom stereocenters. The second kappa shape index (κ2) is 5.13. The zero-order valence-electron chi connectivity index (χ0n) is 11.1. The van der Waals surface area contributed by atoms with E-state index in [1.165, 1.54) is 30.7 Å². The van der Waals surface area contributed by atoms with E-state index in [2.05, 4.69) is 16.5 Å². The molecule has 1 aromatic carbocycles. The molecule has 19 heavy (non-hydrogen) atoms. The standard InChI is InChI=1S/C15H18FN3/c1-19-15(12-5-3-7-17-10-12)9-14(18-19)11-4-2-6-13(16)8-11/h2,4,6,8-9,12,17H,3,5,7,10H2,1H3. The maximum Gasteiger partial charge on any atom is 0.123 e. The lowest BCUT2D eigenvalue weighted by Gasteiger charge is -2.22. The molecule has 2 heterocycles. The summed E-state index contributed by atoms with van der Waals surface area (Å²) in [4.78, 5) is 0. The van der Waals surface area contributed by atoms with Crippen LogP contribution in [0.15, 0.2) is 30.3 Å². The van der Waals surface area contributed by atoms with E-state index in [0.29, 0.717) is 5.92 Å². The lowest BCUT2D eigenvalue weighted by atomic mass is 9.95. The molecule has 2 aromatic rings. The number of nitrogens with one attached hydrogen (secondary N) is 1. The van der Waals surface area contributed by atoms with Gasteiger partial charge < -0.3 is 5.32 Å². The number of rotatable bonds is 2. The average Bonchev–Trinajstić information content (AvgIpc) is 2.82. The molecule has 3 rings (SSSR count). The smallest absolute Gasteiger partial charge is 0.123 e. The third kappa shape index (κ3) is 2.54. The lowest BCUT2D eigenvalue weighted by molar-refractivity contribution is 0.441. The van der Waals surface area contributed by atoms with Crippen molar-refractivity contribution in [2.45, 2.75) is 18.8 Å². The van der Waals surface area contributed by atoms with Gasteiger partial charge in [0.2, 0.25) is 0 Å². The summed E-state index contributed by atoms with van der Waals surface area (Å²) in [5.41, 5.74) is 2.92. The fraction of sp³-hybridized carbons (Fsp3) is 0.400. The molecular formula is C15H18FN3. The summed E-state index contributed by atoms with van der Waals surface area (Å²) in [5, 5.41) is 7.94. The number of piperidine rings is 1. The van der Waals surface area contributed by atoms with Crippen molar-refractivity contribution in [3.8, 4) is 11.3 Å². The molecule has 0 amide bonds. The Hall–Kier alpha value is -1.68. The molecular weight excluding hydrogens is 241 g/mol. The van der Waals surface area contributed by atoms with Gasteiger partial charge in [-0.15, -0.1) is 0 Å². The van der Waals surface area contributed by atoms with Crippen LogP contribution >= 0.6 is 0 Å². The molecule has 1 aromatic heterocycles. The fourth-order valence-electron chi connectivity index (χ4n) is 2.76. The van der Waals surface area contributed by atoms with Gasteiger partial charge in [-0.25, -0.2) is 4.39 Å². The average molecular weight is 259 g/mol. The SMILES string of the molecule is Cn1nc(-c2cccc(F)c2)cc1C1CCCNC1. The predicted octanol–water partition coefficient (Wildman–Crippen LogP) is 2.69. The van der Waals surface area contributed by atoms with Crippen LogP contribution in [0.2, 0.25) is 0 Å². The predicted molar refractivity (Wildman–Crippen MR) is 73.4 cm³/mol. The summed E-state index contributed by atoms with van der Waals surface area (Å²) >= 11 is 0. The van der Waals surface area contributed by atoms with Gasteiger partial charge >= 0.3 is 0 Å². The van der Waals surface area contributed by atoms with Gasteiger partial charge in [-0.2, -0.15) is 5.10 Å². The maximum absolute atomic E-state index is 13.3. The number of aromatic nitrogens is 2. The summed E-state index contributed by atoms with van der Waals surface area (Å²) in [6.07, 6.45) is 2.39. The van der Waals surface area contributed by atoms with E-state index in [4.69, 9.17) is 0 Å². The van der Waals surface area contributed by atoms with Crippen molar-refractivity contribution in [3.63, 3.8) is 0 Å². The highest BCUT2D eigenvalue weighted by Gasteiger charge is 2.19. The van der Waals surface area contributed by atoms with Crippen molar-refractivity contribution in [2.75, 3.05) is 13.1 Å². The second-order valence-corrected chi connectivity index (χ2v) is 5.13. The zero-order valence-corrected chi connectivity index (χ0v) is 11.1. The van der Waals surface area contributed by atoms with Crippen LogP contribution in [0.5, 0.6) is 0 Å². The normalized spacial score (nSPS) is 19.6. The minimum absolute atomic E-state index is 0.218. The molecule has 1 N–H and O–H groups in total. The molecule has 1 atom stereocenters. The number of aryl methyl sites for hydroxylation is 1. The van der Waals surface area contributed by atoms with Gasteiger partial charge in [-0.1, -0.05) is 12.1 Å². The number of halogens is 1. The van der Waals surface area contributed by atoms with E-state index in [1.54, 1.807) is 6.07 Å². The largest absolute Gasteiger partial charge is 0.316 e. The van der Waals surface area contributed by atoms with E-state index in [-0.39, 0.29) is 5.82 Å². The highest BCUT2D eigenvalue weighted by molar-refractivity contribution is 5.59. The summed E-state index contributed by atoms with van der Waals surface area (Å²) in [6.45, 7) is 2.10. The number of hydrogen-bond acceptors (Lipinski definition) is 2. The van der Waals surface area contributed by atoms with Gasteiger partial charge in [0.05, 0.1) is 5.69 Å². The first-order valence-electron chi connectivity index (χ1n) is 6.74. The number of nitrogens with zero attached hydrogens (tertiary/aromatic N) is 2. The van der Waals surface area contributed by atoms with Crippen LogP contribution < -0.4 is 5.32 Å². The Morgan fingerprint density at radius 1 is 1.37 bits per heavy atom. The van der Waals surface area contributed by atoms with Crippen molar-refractivity contribution < 1.29 is 4.39 Å². The Labute approximate surface area is 112 Å². The molecule has 1 aliphatic rings. The molecule has 0 radical (unpaired) electrons. The quantitative estimate of drug-likeness (QED) is 0.898. The Morgan fingerprint density at radius 2 is 2.26 bits per heavy atom. The van der Waals surface area contributed by atoms with Crippen LogP contribution in [0.25, 0.3) is 11.3 Å². The van der Waals surface area contributed by atoms with E-state index in [9.17, 15) is 4.39 Å². The molecule has 1 saturated heterocycles. The zero-order chi connectivity index (χ0) is 13.2. The third-order valence-electron chi connectivity index (χ3n) is 3.75. The first kappa shape index (κ1) is 12.4. The van der Waals surface area contributed by atoms with Gasteiger partial charge in [-0.05, 0) is 37.6 Å². The molecule has 4 heteroatoms. The molecule has 3 nitrogen and oxygen atoms in total. The number of hydrogen-bond donors (Lipinski definition) is 1. The van der Waals surface area contributed by atoms with Crippen molar-refractivity contribution in [2.24, 2.45) is 7.05 Å². The Morgan fingerprint density at radius 3 is 3.00 bits per heavy atom. The topological polar surface area (TPSA) is 29.9 Å². The number of benzene rings is 1. The second-order valence-electron chi connectivity index (χ2n) is 5.13. The van der Waals surface area contributed by atoms with Crippen LogP contribution in [-0.2, 0) is 7.05 Å². The van der Waals surface area contributed by atoms with Crippen molar-refractivity contribution in [1.29, 1.82) is 0 Å². The summed E-state index contributed by atoms with van der Waals surface area (Å²) in [6, 6.07) is 8.70. The molecule has 0 bridgehead atoms. The maximum atomic E-state index is 13.3. The first-order valence-corrected chi connectivity index (χ1v) is 6.74. The van der Waals surface area contributed by atoms with Crippen molar-refractivity contribution in [3.05, 3.63) is 41.8 Å². The van der Waals surface area contributed by atoms with Crippen LogP contribution in [0.1, 0.15) is 24.5 Å². The first-order chi connectivity index (χ1) is 9.24. The highest BCUT2D eigenvalue weighted by atomic mass is 19.1. The Bertz CT molecular complexity index is 571. The summed E-state index contributed by atoms with van der Waals surface area (Å²) in [7, 11) is 1.97.